The first-order valence-corrected chi connectivity index (χ1v) is 11.0. The van der Waals surface area contributed by atoms with Gasteiger partial charge in [0.05, 0.1) is 0 Å². The highest BCUT2D eigenvalue weighted by molar-refractivity contribution is 6.27. The van der Waals surface area contributed by atoms with E-state index in [4.69, 9.17) is 0 Å². The maximum atomic E-state index is 13.3. The number of nitrogens with zero attached hydrogens (tertiary/aromatic N) is 3. The van der Waals surface area contributed by atoms with Gasteiger partial charge in [0.1, 0.15) is 17.7 Å². The first-order valence-electron chi connectivity index (χ1n) is 11.0. The van der Waals surface area contributed by atoms with Crippen molar-refractivity contribution in [3.63, 3.8) is 0 Å². The summed E-state index contributed by atoms with van der Waals surface area (Å²) in [6.45, 7) is 6.69. The van der Waals surface area contributed by atoms with Crippen LogP contribution < -0.4 is 4.90 Å². The minimum Gasteiger partial charge on any atom is -0.341 e. The number of carbonyl (C=O) groups excluding carboxylic acids is 1. The molecule has 1 aliphatic carbocycles. The van der Waals surface area contributed by atoms with Crippen molar-refractivity contribution in [3.8, 4) is 12.1 Å². The molecule has 0 spiro atoms. The fourth-order valence-corrected chi connectivity index (χ4v) is 5.54. The van der Waals surface area contributed by atoms with Crippen LogP contribution in [0.15, 0.2) is 71.5 Å². The summed E-state index contributed by atoms with van der Waals surface area (Å²) in [6, 6.07) is 18.1. The third-order valence-corrected chi connectivity index (χ3v) is 7.28. The standard InChI is InChI=1S/C28H23N3O/c1-4-28(3)23-11-7-8-18-14-17(2)31(26(18)23)24(28)13-12-22-25(19(15-29)16-30)20-9-5-6-10-21(20)27(22)32/h5-13,17H,4,14H2,1-3H3/b22-12-,24-13+. The van der Waals surface area contributed by atoms with E-state index < -0.39 is 0 Å². The topological polar surface area (TPSA) is 67.9 Å². The number of Topliss-reactive ketones (excluding diaryl/α,β-unsaturated/α-hetero) is 1. The number of ketones is 1. The normalized spacial score (nSPS) is 25.2. The fraction of sp³-hybridized carbons (Fsp3) is 0.250. The molecule has 0 amide bonds. The van der Waals surface area contributed by atoms with Crippen molar-refractivity contribution in [1.29, 1.82) is 10.5 Å². The second-order valence-electron chi connectivity index (χ2n) is 8.90. The highest BCUT2D eigenvalue weighted by Gasteiger charge is 2.47. The van der Waals surface area contributed by atoms with Crippen molar-refractivity contribution in [2.24, 2.45) is 0 Å². The van der Waals surface area contributed by atoms with E-state index in [1.807, 2.05) is 42.5 Å². The lowest BCUT2D eigenvalue weighted by Crippen LogP contribution is -2.33. The van der Waals surface area contributed by atoms with Crippen LogP contribution in [0.2, 0.25) is 0 Å². The van der Waals surface area contributed by atoms with Gasteiger partial charge in [-0.3, -0.25) is 4.79 Å². The number of carbonyl (C=O) groups is 1. The molecular formula is C28H23N3O. The second kappa shape index (κ2) is 7.08. The Bertz CT molecular complexity index is 1350. The first kappa shape index (κ1) is 20.0. The lowest BCUT2D eigenvalue weighted by Gasteiger charge is -2.31. The summed E-state index contributed by atoms with van der Waals surface area (Å²) in [5.41, 5.74) is 7.03. The Morgan fingerprint density at radius 3 is 2.53 bits per heavy atom. The fourth-order valence-electron chi connectivity index (χ4n) is 5.54. The van der Waals surface area contributed by atoms with Gasteiger partial charge in [-0.05, 0) is 55.5 Å². The average molecular weight is 418 g/mol. The van der Waals surface area contributed by atoms with Gasteiger partial charge in [0.25, 0.3) is 0 Å². The minimum absolute atomic E-state index is 0.0299. The number of nitriles is 2. The van der Waals surface area contributed by atoms with E-state index >= 15 is 0 Å². The summed E-state index contributed by atoms with van der Waals surface area (Å²) in [5.74, 6) is -0.140. The molecule has 0 aromatic heterocycles. The molecule has 4 heteroatoms. The van der Waals surface area contributed by atoms with Crippen LogP contribution in [0.5, 0.6) is 0 Å². The summed E-state index contributed by atoms with van der Waals surface area (Å²) in [5, 5.41) is 19.1. The Balaban J connectivity index is 1.72. The van der Waals surface area contributed by atoms with Crippen LogP contribution in [0.3, 0.4) is 0 Å². The van der Waals surface area contributed by atoms with Gasteiger partial charge in [-0.2, -0.15) is 10.5 Å². The molecular weight excluding hydrogens is 394 g/mol. The maximum Gasteiger partial charge on any atom is 0.194 e. The van der Waals surface area contributed by atoms with E-state index in [2.05, 4.69) is 43.9 Å². The predicted octanol–water partition coefficient (Wildman–Crippen LogP) is 5.63. The largest absolute Gasteiger partial charge is 0.341 e. The van der Waals surface area contributed by atoms with Crippen LogP contribution in [0.25, 0.3) is 5.57 Å². The van der Waals surface area contributed by atoms with Crippen molar-refractivity contribution in [3.05, 3.63) is 93.7 Å². The molecule has 0 radical (unpaired) electrons. The molecule has 2 aromatic carbocycles. The zero-order valence-electron chi connectivity index (χ0n) is 18.4. The smallest absolute Gasteiger partial charge is 0.194 e. The predicted molar refractivity (Wildman–Crippen MR) is 125 cm³/mol. The highest BCUT2D eigenvalue weighted by atomic mass is 16.1. The molecule has 4 nitrogen and oxygen atoms in total. The number of benzene rings is 2. The molecule has 0 bridgehead atoms. The molecule has 0 saturated heterocycles. The van der Waals surface area contributed by atoms with Crippen molar-refractivity contribution < 1.29 is 4.79 Å². The zero-order valence-corrected chi connectivity index (χ0v) is 18.4. The summed E-state index contributed by atoms with van der Waals surface area (Å²) < 4.78 is 0. The zero-order chi connectivity index (χ0) is 22.6. The van der Waals surface area contributed by atoms with Gasteiger partial charge < -0.3 is 4.90 Å². The van der Waals surface area contributed by atoms with E-state index in [0.29, 0.717) is 28.3 Å². The van der Waals surface area contributed by atoms with E-state index in [-0.39, 0.29) is 16.8 Å². The van der Waals surface area contributed by atoms with Crippen molar-refractivity contribution in [1.82, 2.24) is 0 Å². The SMILES string of the molecule is CCC1(C)/C(=C\C=C2/C(=O)c3ccccc3C2=C(C#N)C#N)N2c3c(cccc31)CC2C. The molecule has 2 aliphatic heterocycles. The van der Waals surface area contributed by atoms with Crippen molar-refractivity contribution in [2.45, 2.75) is 45.1 Å². The third-order valence-electron chi connectivity index (χ3n) is 7.28. The number of hydrogen-bond acceptors (Lipinski definition) is 4. The second-order valence-corrected chi connectivity index (χ2v) is 8.90. The highest BCUT2D eigenvalue weighted by Crippen LogP contribution is 2.55. The number of rotatable bonds is 2. The van der Waals surface area contributed by atoms with Crippen LogP contribution in [-0.2, 0) is 11.8 Å². The lowest BCUT2D eigenvalue weighted by molar-refractivity contribution is 0.104. The van der Waals surface area contributed by atoms with E-state index in [0.717, 1.165) is 12.8 Å². The van der Waals surface area contributed by atoms with Crippen LogP contribution in [-0.4, -0.2) is 11.8 Å². The van der Waals surface area contributed by atoms with Crippen LogP contribution in [0.1, 0.15) is 54.2 Å². The summed E-state index contributed by atoms with van der Waals surface area (Å²) in [7, 11) is 0. The van der Waals surface area contributed by atoms with Gasteiger partial charge >= 0.3 is 0 Å². The van der Waals surface area contributed by atoms with Gasteiger partial charge in [0.2, 0.25) is 0 Å². The van der Waals surface area contributed by atoms with Gasteiger partial charge in [0.15, 0.2) is 5.78 Å². The first-order chi connectivity index (χ1) is 15.5. The minimum atomic E-state index is -0.164. The van der Waals surface area contributed by atoms with Crippen LogP contribution in [0, 0.1) is 22.7 Å². The molecule has 0 N–H and O–H groups in total. The molecule has 0 saturated carbocycles. The van der Waals surface area contributed by atoms with Crippen molar-refractivity contribution in [2.75, 3.05) is 4.90 Å². The number of allylic oxidation sites excluding steroid dienone is 6. The molecule has 0 fully saturated rings. The molecule has 2 aromatic rings. The molecule has 2 atom stereocenters. The van der Waals surface area contributed by atoms with Crippen LogP contribution in [0.4, 0.5) is 5.69 Å². The summed E-state index contributed by atoms with van der Waals surface area (Å²) in [4.78, 5) is 15.7. The Kier molecular flexibility index (Phi) is 4.43. The van der Waals surface area contributed by atoms with E-state index in [1.54, 1.807) is 6.07 Å². The Labute approximate surface area is 188 Å². The molecule has 156 valence electrons. The molecule has 32 heavy (non-hydrogen) atoms. The number of para-hydroxylation sites is 1. The summed E-state index contributed by atoms with van der Waals surface area (Å²) in [6.07, 6.45) is 5.80. The summed E-state index contributed by atoms with van der Waals surface area (Å²) >= 11 is 0. The lowest BCUT2D eigenvalue weighted by atomic mass is 9.78. The third kappa shape index (κ3) is 2.50. The van der Waals surface area contributed by atoms with Gasteiger partial charge in [-0.15, -0.1) is 0 Å². The van der Waals surface area contributed by atoms with E-state index in [9.17, 15) is 15.3 Å². The number of hydrogen-bond donors (Lipinski definition) is 0. The molecule has 3 aliphatic rings. The van der Waals surface area contributed by atoms with Crippen molar-refractivity contribution >= 4 is 17.0 Å². The Morgan fingerprint density at radius 2 is 1.84 bits per heavy atom. The Morgan fingerprint density at radius 1 is 1.12 bits per heavy atom. The van der Waals surface area contributed by atoms with Crippen LogP contribution >= 0.6 is 0 Å². The number of anilines is 1. The Hall–Kier alpha value is -3.89. The number of fused-ring (bicyclic) bond motifs is 1. The van der Waals surface area contributed by atoms with Gasteiger partial charge in [-0.1, -0.05) is 49.4 Å². The monoisotopic (exact) mass is 417 g/mol. The van der Waals surface area contributed by atoms with Gasteiger partial charge in [0, 0.05) is 39.6 Å². The van der Waals surface area contributed by atoms with Gasteiger partial charge in [-0.25, -0.2) is 0 Å². The maximum absolute atomic E-state index is 13.3. The molecule has 5 rings (SSSR count). The molecule has 2 heterocycles. The van der Waals surface area contributed by atoms with E-state index in [1.165, 1.54) is 22.5 Å². The quantitative estimate of drug-likeness (QED) is 0.469. The molecule has 2 unspecified atom stereocenters. The average Bonchev–Trinajstić information content (AvgIpc) is 3.38.